The first-order chi connectivity index (χ1) is 8.20. The number of rotatable bonds is 4. The molecule has 2 aromatic rings. The Morgan fingerprint density at radius 1 is 1.53 bits per heavy atom. The number of anilines is 1. The van der Waals surface area contributed by atoms with Gasteiger partial charge in [-0.3, -0.25) is 4.79 Å². The number of carbonyl (C=O) groups is 1. The fourth-order valence-electron chi connectivity index (χ4n) is 1.58. The highest BCUT2D eigenvalue weighted by atomic mass is 32.1. The molecule has 17 heavy (non-hydrogen) atoms. The zero-order valence-electron chi connectivity index (χ0n) is 9.69. The van der Waals surface area contributed by atoms with Gasteiger partial charge in [0, 0.05) is 6.42 Å². The van der Waals surface area contributed by atoms with Crippen LogP contribution < -0.4 is 11.1 Å². The molecule has 1 aromatic carbocycles. The number of amides is 1. The van der Waals surface area contributed by atoms with Gasteiger partial charge in [-0.2, -0.15) is 0 Å². The lowest BCUT2D eigenvalue weighted by atomic mass is 10.2. The average molecular weight is 249 g/mol. The lowest BCUT2D eigenvalue weighted by molar-refractivity contribution is -0.116. The minimum Gasteiger partial charge on any atom is -0.330 e. The van der Waals surface area contributed by atoms with E-state index in [4.69, 9.17) is 5.73 Å². The predicted octanol–water partition coefficient (Wildman–Crippen LogP) is 2.28. The van der Waals surface area contributed by atoms with E-state index < -0.39 is 0 Å². The minimum atomic E-state index is -0.0211. The van der Waals surface area contributed by atoms with Gasteiger partial charge in [-0.25, -0.2) is 4.98 Å². The molecule has 0 atom stereocenters. The van der Waals surface area contributed by atoms with Crippen LogP contribution in [0.1, 0.15) is 18.4 Å². The summed E-state index contributed by atoms with van der Waals surface area (Å²) in [5, 5.41) is 3.47. The maximum atomic E-state index is 11.5. The van der Waals surface area contributed by atoms with Gasteiger partial charge in [-0.1, -0.05) is 23.5 Å². The van der Waals surface area contributed by atoms with Crippen molar-refractivity contribution in [2.45, 2.75) is 19.8 Å². The highest BCUT2D eigenvalue weighted by Gasteiger charge is 2.08. The SMILES string of the molecule is Cc1cccc2sc(NC(=O)CCCN)nc12. The number of benzene rings is 1. The van der Waals surface area contributed by atoms with Crippen LogP contribution in [0.15, 0.2) is 18.2 Å². The van der Waals surface area contributed by atoms with Crippen LogP contribution in [-0.2, 0) is 4.79 Å². The maximum absolute atomic E-state index is 11.5. The number of thiazole rings is 1. The summed E-state index contributed by atoms with van der Waals surface area (Å²) in [6.45, 7) is 2.55. The van der Waals surface area contributed by atoms with E-state index in [1.807, 2.05) is 25.1 Å². The first-order valence-corrected chi connectivity index (χ1v) is 6.38. The van der Waals surface area contributed by atoms with Gasteiger partial charge >= 0.3 is 0 Å². The number of fused-ring (bicyclic) bond motifs is 1. The van der Waals surface area contributed by atoms with Crippen LogP contribution in [0, 0.1) is 6.92 Å². The second kappa shape index (κ2) is 5.25. The van der Waals surface area contributed by atoms with Crippen LogP contribution >= 0.6 is 11.3 Å². The van der Waals surface area contributed by atoms with E-state index in [2.05, 4.69) is 10.3 Å². The van der Waals surface area contributed by atoms with Crippen molar-refractivity contribution in [2.24, 2.45) is 5.73 Å². The van der Waals surface area contributed by atoms with Crippen LogP contribution in [0.4, 0.5) is 5.13 Å². The third-order valence-electron chi connectivity index (χ3n) is 2.48. The lowest BCUT2D eigenvalue weighted by Crippen LogP contribution is -2.13. The summed E-state index contributed by atoms with van der Waals surface area (Å²) in [7, 11) is 0. The fourth-order valence-corrected chi connectivity index (χ4v) is 2.54. The predicted molar refractivity (Wildman–Crippen MR) is 71.3 cm³/mol. The molecule has 0 aliphatic rings. The number of nitrogens with zero attached hydrogens (tertiary/aromatic N) is 1. The molecule has 5 heteroatoms. The molecule has 0 fully saturated rings. The topological polar surface area (TPSA) is 68.0 Å². The van der Waals surface area contributed by atoms with Crippen molar-refractivity contribution in [2.75, 3.05) is 11.9 Å². The van der Waals surface area contributed by atoms with E-state index in [1.165, 1.54) is 11.3 Å². The smallest absolute Gasteiger partial charge is 0.226 e. The summed E-state index contributed by atoms with van der Waals surface area (Å²) >= 11 is 1.50. The van der Waals surface area contributed by atoms with Crippen LogP contribution in [0.3, 0.4) is 0 Å². The van der Waals surface area contributed by atoms with Crippen LogP contribution in [0.25, 0.3) is 10.2 Å². The van der Waals surface area contributed by atoms with Gasteiger partial charge in [-0.05, 0) is 31.5 Å². The normalized spacial score (nSPS) is 10.7. The molecule has 0 radical (unpaired) electrons. The Labute approximate surface area is 104 Å². The number of aryl methyl sites for hydroxylation is 1. The molecule has 0 saturated carbocycles. The Hall–Kier alpha value is -1.46. The van der Waals surface area contributed by atoms with Gasteiger partial charge in [0.25, 0.3) is 0 Å². The summed E-state index contributed by atoms with van der Waals surface area (Å²) in [4.78, 5) is 15.9. The van der Waals surface area contributed by atoms with Crippen LogP contribution in [0.2, 0.25) is 0 Å². The Bertz CT molecular complexity index is 536. The first kappa shape index (κ1) is 12.0. The number of carbonyl (C=O) groups excluding carboxylic acids is 1. The third-order valence-corrected chi connectivity index (χ3v) is 3.41. The molecule has 3 N–H and O–H groups in total. The van der Waals surface area contributed by atoms with E-state index in [1.54, 1.807) is 0 Å². The highest BCUT2D eigenvalue weighted by Crippen LogP contribution is 2.27. The van der Waals surface area contributed by atoms with Gasteiger partial charge in [0.05, 0.1) is 10.2 Å². The van der Waals surface area contributed by atoms with Crippen molar-refractivity contribution in [3.63, 3.8) is 0 Å². The van der Waals surface area contributed by atoms with Gasteiger partial charge in [0.15, 0.2) is 5.13 Å². The number of nitrogens with two attached hydrogens (primary N) is 1. The molecule has 0 saturated heterocycles. The van der Waals surface area contributed by atoms with Crippen molar-refractivity contribution in [3.8, 4) is 0 Å². The minimum absolute atomic E-state index is 0.0211. The van der Waals surface area contributed by atoms with Crippen molar-refractivity contribution < 1.29 is 4.79 Å². The van der Waals surface area contributed by atoms with E-state index in [0.29, 0.717) is 24.5 Å². The van der Waals surface area contributed by atoms with Gasteiger partial charge in [0.2, 0.25) is 5.91 Å². The van der Waals surface area contributed by atoms with Gasteiger partial charge < -0.3 is 11.1 Å². The molecule has 0 unspecified atom stereocenters. The van der Waals surface area contributed by atoms with Crippen LogP contribution in [-0.4, -0.2) is 17.4 Å². The summed E-state index contributed by atoms with van der Waals surface area (Å²) in [5.74, 6) is -0.0211. The number of hydrogen-bond donors (Lipinski definition) is 2. The molecule has 0 spiro atoms. The van der Waals surface area contributed by atoms with Gasteiger partial charge in [0.1, 0.15) is 0 Å². The number of nitrogens with one attached hydrogen (secondary N) is 1. The molecule has 1 heterocycles. The van der Waals surface area contributed by atoms with E-state index >= 15 is 0 Å². The zero-order valence-corrected chi connectivity index (χ0v) is 10.5. The Morgan fingerprint density at radius 3 is 3.06 bits per heavy atom. The molecule has 2 rings (SSSR count). The van der Waals surface area contributed by atoms with Crippen molar-refractivity contribution in [1.82, 2.24) is 4.98 Å². The number of hydrogen-bond acceptors (Lipinski definition) is 4. The van der Waals surface area contributed by atoms with E-state index in [9.17, 15) is 4.79 Å². The molecule has 1 aromatic heterocycles. The number of aromatic nitrogens is 1. The lowest BCUT2D eigenvalue weighted by Gasteiger charge is -1.99. The van der Waals surface area contributed by atoms with E-state index in [-0.39, 0.29) is 5.91 Å². The van der Waals surface area contributed by atoms with Gasteiger partial charge in [-0.15, -0.1) is 0 Å². The summed E-state index contributed by atoms with van der Waals surface area (Å²) in [6.07, 6.45) is 1.15. The van der Waals surface area contributed by atoms with Crippen molar-refractivity contribution >= 4 is 32.6 Å². The third kappa shape index (κ3) is 2.81. The Kier molecular flexibility index (Phi) is 3.71. The molecule has 4 nitrogen and oxygen atoms in total. The highest BCUT2D eigenvalue weighted by molar-refractivity contribution is 7.22. The molecule has 90 valence electrons. The maximum Gasteiger partial charge on any atom is 0.226 e. The summed E-state index contributed by atoms with van der Waals surface area (Å²) in [6, 6.07) is 6.02. The average Bonchev–Trinajstić information content (AvgIpc) is 2.70. The second-order valence-corrected chi connectivity index (χ2v) is 4.91. The Balaban J connectivity index is 2.14. The van der Waals surface area contributed by atoms with E-state index in [0.717, 1.165) is 15.8 Å². The molecule has 0 aliphatic heterocycles. The molecular weight excluding hydrogens is 234 g/mol. The first-order valence-electron chi connectivity index (χ1n) is 5.57. The number of para-hydroxylation sites is 1. The van der Waals surface area contributed by atoms with Crippen molar-refractivity contribution in [1.29, 1.82) is 0 Å². The van der Waals surface area contributed by atoms with Crippen LogP contribution in [0.5, 0.6) is 0 Å². The quantitative estimate of drug-likeness (QED) is 0.873. The largest absolute Gasteiger partial charge is 0.330 e. The second-order valence-electron chi connectivity index (χ2n) is 3.88. The molecule has 1 amide bonds. The molecule has 0 aliphatic carbocycles. The standard InChI is InChI=1S/C12H15N3OS/c1-8-4-2-5-9-11(8)15-12(17-9)14-10(16)6-3-7-13/h2,4-5H,3,6-7,13H2,1H3,(H,14,15,16). The monoisotopic (exact) mass is 249 g/mol. The Morgan fingerprint density at radius 2 is 2.35 bits per heavy atom. The molecule has 0 bridgehead atoms. The summed E-state index contributed by atoms with van der Waals surface area (Å²) in [5.41, 5.74) is 7.45. The van der Waals surface area contributed by atoms with Crippen molar-refractivity contribution in [3.05, 3.63) is 23.8 Å². The molecular formula is C12H15N3OS. The fraction of sp³-hybridized carbons (Fsp3) is 0.333. The zero-order chi connectivity index (χ0) is 12.3. The summed E-state index contributed by atoms with van der Waals surface area (Å²) < 4.78 is 1.10.